The Morgan fingerprint density at radius 2 is 1.89 bits per heavy atom. The van der Waals surface area contributed by atoms with E-state index in [2.05, 4.69) is 20.6 Å². The minimum atomic E-state index is -0.720. The van der Waals surface area contributed by atoms with Gasteiger partial charge in [0.25, 0.3) is 0 Å². The van der Waals surface area contributed by atoms with Crippen LogP contribution in [0.25, 0.3) is 11.0 Å². The number of halogens is 1. The molecule has 0 saturated heterocycles. The van der Waals surface area contributed by atoms with Crippen LogP contribution in [0.4, 0.5) is 10.3 Å². The van der Waals surface area contributed by atoms with Crippen molar-refractivity contribution in [1.29, 1.82) is 0 Å². The summed E-state index contributed by atoms with van der Waals surface area (Å²) in [5.74, 6) is -0.881. The summed E-state index contributed by atoms with van der Waals surface area (Å²) in [6.07, 6.45) is 1.05. The highest BCUT2D eigenvalue weighted by atomic mass is 19.1. The van der Waals surface area contributed by atoms with Crippen molar-refractivity contribution in [3.8, 4) is 0 Å². The largest absolute Gasteiger partial charge is 0.344 e. The van der Waals surface area contributed by atoms with E-state index in [1.165, 1.54) is 6.07 Å². The first kappa shape index (κ1) is 18.6. The molecule has 0 aliphatic carbocycles. The molecule has 3 aromatic rings. The number of para-hydroxylation sites is 2. The third-order valence-electron chi connectivity index (χ3n) is 4.17. The van der Waals surface area contributed by atoms with Crippen molar-refractivity contribution in [2.75, 3.05) is 5.32 Å². The summed E-state index contributed by atoms with van der Waals surface area (Å²) in [5, 5.41) is 5.39. The molecule has 0 saturated carbocycles. The summed E-state index contributed by atoms with van der Waals surface area (Å²) >= 11 is 0. The molecule has 3 rings (SSSR count). The van der Waals surface area contributed by atoms with Gasteiger partial charge in [-0.2, -0.15) is 0 Å². The molecule has 2 aromatic carbocycles. The minimum absolute atomic E-state index is 0.120. The third-order valence-corrected chi connectivity index (χ3v) is 4.17. The summed E-state index contributed by atoms with van der Waals surface area (Å²) in [6, 6.07) is 12.8. The first-order chi connectivity index (χ1) is 13.1. The van der Waals surface area contributed by atoms with Crippen LogP contribution < -0.4 is 10.6 Å². The fourth-order valence-corrected chi connectivity index (χ4v) is 2.83. The van der Waals surface area contributed by atoms with Crippen LogP contribution in [0.3, 0.4) is 0 Å². The van der Waals surface area contributed by atoms with Gasteiger partial charge in [0.15, 0.2) is 0 Å². The van der Waals surface area contributed by atoms with Crippen molar-refractivity contribution in [2.45, 2.75) is 32.2 Å². The molecule has 2 amide bonds. The third kappa shape index (κ3) is 4.69. The van der Waals surface area contributed by atoms with Crippen LogP contribution in [0.1, 0.15) is 25.3 Å². The number of fused-ring (bicyclic) bond motifs is 1. The predicted octanol–water partition coefficient (Wildman–Crippen LogP) is 3.17. The smallest absolute Gasteiger partial charge is 0.249 e. The SMILES string of the molecule is CCC[C@H](NC(=O)Cc1ccccc1F)C(=O)Nc1nc2ccccc2[nH]1. The zero-order chi connectivity index (χ0) is 19.2. The van der Waals surface area contributed by atoms with E-state index < -0.39 is 17.8 Å². The van der Waals surface area contributed by atoms with Gasteiger partial charge in [-0.05, 0) is 30.2 Å². The number of carbonyl (C=O) groups is 2. The summed E-state index contributed by atoms with van der Waals surface area (Å²) in [4.78, 5) is 32.2. The molecule has 0 aliphatic rings. The van der Waals surface area contributed by atoms with E-state index in [0.29, 0.717) is 24.4 Å². The van der Waals surface area contributed by atoms with Gasteiger partial charge in [-0.15, -0.1) is 0 Å². The highest BCUT2D eigenvalue weighted by Gasteiger charge is 2.21. The molecule has 3 N–H and O–H groups in total. The molecular weight excluding hydrogens is 347 g/mol. The molecule has 0 bridgehead atoms. The Hall–Kier alpha value is -3.22. The van der Waals surface area contributed by atoms with Gasteiger partial charge in [-0.3, -0.25) is 14.9 Å². The van der Waals surface area contributed by atoms with E-state index in [9.17, 15) is 14.0 Å². The number of nitrogens with one attached hydrogen (secondary N) is 3. The van der Waals surface area contributed by atoms with Gasteiger partial charge in [0.05, 0.1) is 17.5 Å². The Bertz CT molecular complexity index is 921. The minimum Gasteiger partial charge on any atom is -0.344 e. The number of rotatable bonds is 7. The lowest BCUT2D eigenvalue weighted by Gasteiger charge is -2.17. The molecule has 0 unspecified atom stereocenters. The van der Waals surface area contributed by atoms with Gasteiger partial charge in [0, 0.05) is 0 Å². The zero-order valence-corrected chi connectivity index (χ0v) is 15.0. The standard InChI is InChI=1S/C20H21FN4O2/c1-2-7-17(22-18(26)12-13-8-3-4-9-14(13)21)19(27)25-20-23-15-10-5-6-11-16(15)24-20/h3-6,8-11,17H,2,7,12H2,1H3,(H,22,26)(H2,23,24,25,27)/t17-/m0/s1. The monoisotopic (exact) mass is 368 g/mol. The van der Waals surface area contributed by atoms with Gasteiger partial charge in [0.2, 0.25) is 17.8 Å². The van der Waals surface area contributed by atoms with E-state index >= 15 is 0 Å². The molecule has 1 heterocycles. The fraction of sp³-hybridized carbons (Fsp3) is 0.250. The average Bonchev–Trinajstić information content (AvgIpc) is 3.05. The van der Waals surface area contributed by atoms with Crippen molar-refractivity contribution in [2.24, 2.45) is 0 Å². The Morgan fingerprint density at radius 3 is 2.63 bits per heavy atom. The van der Waals surface area contributed by atoms with Crippen molar-refractivity contribution in [3.63, 3.8) is 0 Å². The number of H-pyrrole nitrogens is 1. The molecule has 1 aromatic heterocycles. The van der Waals surface area contributed by atoms with Crippen molar-refractivity contribution >= 4 is 28.8 Å². The number of amides is 2. The first-order valence-corrected chi connectivity index (χ1v) is 8.85. The van der Waals surface area contributed by atoms with E-state index in [-0.39, 0.29) is 12.3 Å². The number of aromatic nitrogens is 2. The summed E-state index contributed by atoms with van der Waals surface area (Å²) < 4.78 is 13.7. The molecule has 7 heteroatoms. The molecule has 0 spiro atoms. The maximum absolute atomic E-state index is 13.7. The number of hydrogen-bond donors (Lipinski definition) is 3. The molecule has 27 heavy (non-hydrogen) atoms. The Labute approximate surface area is 156 Å². The number of imidazole rings is 1. The van der Waals surface area contributed by atoms with Crippen LogP contribution in [-0.2, 0) is 16.0 Å². The highest BCUT2D eigenvalue weighted by molar-refractivity contribution is 5.97. The predicted molar refractivity (Wildman–Crippen MR) is 102 cm³/mol. The topological polar surface area (TPSA) is 86.9 Å². The number of hydrogen-bond acceptors (Lipinski definition) is 3. The second-order valence-corrected chi connectivity index (χ2v) is 6.27. The molecule has 0 aliphatic heterocycles. The van der Waals surface area contributed by atoms with E-state index in [1.807, 2.05) is 31.2 Å². The zero-order valence-electron chi connectivity index (χ0n) is 15.0. The lowest BCUT2D eigenvalue weighted by atomic mass is 10.1. The molecule has 6 nitrogen and oxygen atoms in total. The quantitative estimate of drug-likeness (QED) is 0.599. The van der Waals surface area contributed by atoms with Gasteiger partial charge in [-0.1, -0.05) is 43.7 Å². The van der Waals surface area contributed by atoms with Crippen molar-refractivity contribution in [1.82, 2.24) is 15.3 Å². The van der Waals surface area contributed by atoms with E-state index in [1.54, 1.807) is 18.2 Å². The lowest BCUT2D eigenvalue weighted by molar-refractivity contribution is -0.126. The highest BCUT2D eigenvalue weighted by Crippen LogP contribution is 2.14. The number of aromatic amines is 1. The van der Waals surface area contributed by atoms with Crippen LogP contribution in [-0.4, -0.2) is 27.8 Å². The second kappa shape index (κ2) is 8.44. The summed E-state index contributed by atoms with van der Waals surface area (Å²) in [7, 11) is 0. The van der Waals surface area contributed by atoms with Gasteiger partial charge in [-0.25, -0.2) is 9.37 Å². The summed E-state index contributed by atoms with van der Waals surface area (Å²) in [6.45, 7) is 1.92. The van der Waals surface area contributed by atoms with Crippen molar-refractivity contribution < 1.29 is 14.0 Å². The Balaban J connectivity index is 1.65. The lowest BCUT2D eigenvalue weighted by Crippen LogP contribution is -2.44. The Morgan fingerprint density at radius 1 is 1.15 bits per heavy atom. The maximum Gasteiger partial charge on any atom is 0.249 e. The number of carbonyl (C=O) groups excluding carboxylic acids is 2. The molecule has 0 radical (unpaired) electrons. The molecule has 0 fully saturated rings. The second-order valence-electron chi connectivity index (χ2n) is 6.27. The number of benzene rings is 2. The van der Waals surface area contributed by atoms with Gasteiger partial charge >= 0.3 is 0 Å². The molecular formula is C20H21FN4O2. The number of nitrogens with zero attached hydrogens (tertiary/aromatic N) is 1. The fourth-order valence-electron chi connectivity index (χ4n) is 2.83. The first-order valence-electron chi connectivity index (χ1n) is 8.85. The van der Waals surface area contributed by atoms with Crippen LogP contribution in [0.15, 0.2) is 48.5 Å². The van der Waals surface area contributed by atoms with Crippen LogP contribution in [0.2, 0.25) is 0 Å². The normalized spacial score (nSPS) is 11.9. The molecule has 1 atom stereocenters. The van der Waals surface area contributed by atoms with E-state index in [4.69, 9.17) is 0 Å². The van der Waals surface area contributed by atoms with Gasteiger partial charge < -0.3 is 10.3 Å². The van der Waals surface area contributed by atoms with Crippen molar-refractivity contribution in [3.05, 3.63) is 59.9 Å². The van der Waals surface area contributed by atoms with Gasteiger partial charge in [0.1, 0.15) is 11.9 Å². The van der Waals surface area contributed by atoms with Crippen LogP contribution in [0, 0.1) is 5.82 Å². The maximum atomic E-state index is 13.7. The van der Waals surface area contributed by atoms with Crippen LogP contribution >= 0.6 is 0 Å². The number of anilines is 1. The summed E-state index contributed by atoms with van der Waals surface area (Å²) in [5.41, 5.74) is 1.84. The van der Waals surface area contributed by atoms with E-state index in [0.717, 1.165) is 11.0 Å². The average molecular weight is 368 g/mol. The molecule has 140 valence electrons. The van der Waals surface area contributed by atoms with Crippen LogP contribution in [0.5, 0.6) is 0 Å². The Kier molecular flexibility index (Phi) is 5.80.